The number of aromatic nitrogens is 4. The summed E-state index contributed by atoms with van der Waals surface area (Å²) in [5.74, 6) is 1.02. The first-order valence-electron chi connectivity index (χ1n) is 21.3. The van der Waals surface area contributed by atoms with Crippen LogP contribution in [0.1, 0.15) is 64.3 Å². The number of hydrogen-bond donors (Lipinski definition) is 4. The summed E-state index contributed by atoms with van der Waals surface area (Å²) in [5.41, 5.74) is 5.67. The lowest BCUT2D eigenvalue weighted by molar-refractivity contribution is -0.137. The van der Waals surface area contributed by atoms with Crippen molar-refractivity contribution < 1.29 is 28.7 Å². The predicted octanol–water partition coefficient (Wildman–Crippen LogP) is 8.43. The van der Waals surface area contributed by atoms with E-state index in [0.29, 0.717) is 13.1 Å². The molecule has 3 unspecified atom stereocenters. The molecule has 8 rings (SSSR count). The van der Waals surface area contributed by atoms with Crippen molar-refractivity contribution in [2.24, 2.45) is 11.8 Å². The van der Waals surface area contributed by atoms with Gasteiger partial charge in [-0.25, -0.2) is 19.6 Å². The van der Waals surface area contributed by atoms with Gasteiger partial charge in [0, 0.05) is 23.9 Å². The summed E-state index contributed by atoms with van der Waals surface area (Å²) in [7, 11) is 0.971. The van der Waals surface area contributed by atoms with E-state index in [2.05, 4.69) is 88.3 Å². The Hall–Kier alpha value is -5.96. The number of nitrogens with one attached hydrogen (secondary N) is 4. The normalized spacial score (nSPS) is 18.9. The fourth-order valence-corrected chi connectivity index (χ4v) is 11.7. The highest BCUT2D eigenvalue weighted by Crippen LogP contribution is 2.40. The van der Waals surface area contributed by atoms with Gasteiger partial charge in [0.05, 0.1) is 56.4 Å². The Kier molecular flexibility index (Phi) is 11.3. The van der Waals surface area contributed by atoms with E-state index in [0.717, 1.165) is 91.3 Å². The van der Waals surface area contributed by atoms with E-state index in [9.17, 15) is 19.2 Å². The first kappa shape index (κ1) is 41.8. The molecule has 4 heterocycles. The number of ether oxygens (including phenoxy) is 2. The molecule has 0 spiro atoms. The molecule has 2 aliphatic rings. The maximum atomic E-state index is 14.1. The number of likely N-dealkylation sites (tertiary alicyclic amines) is 1. The lowest BCUT2D eigenvalue weighted by Crippen LogP contribution is -2.55. The third-order valence-corrected chi connectivity index (χ3v) is 15.8. The fraction of sp³-hybridized carbons (Fsp3) is 0.435. The number of imidazole rings is 2. The van der Waals surface area contributed by atoms with E-state index < -0.39 is 32.3 Å². The topological polar surface area (TPSA) is 175 Å². The fourth-order valence-electron chi connectivity index (χ4n) is 9.21. The summed E-state index contributed by atoms with van der Waals surface area (Å²) in [5, 5.41) is 9.64. The van der Waals surface area contributed by atoms with Crippen LogP contribution in [0.15, 0.2) is 60.7 Å². The molecular formula is C46H56N8O6Si. The zero-order valence-corrected chi connectivity index (χ0v) is 37.2. The van der Waals surface area contributed by atoms with Crippen molar-refractivity contribution in [3.8, 4) is 11.1 Å². The molecule has 0 saturated carbocycles. The number of fused-ring (bicyclic) bond motifs is 6. The van der Waals surface area contributed by atoms with Crippen molar-refractivity contribution in [3.05, 3.63) is 72.3 Å². The smallest absolute Gasteiger partial charge is 0.407 e. The number of alkyl carbamates (subject to hydrolysis) is 2. The van der Waals surface area contributed by atoms with Crippen LogP contribution in [-0.2, 0) is 19.1 Å². The number of hydrogen-bond acceptors (Lipinski definition) is 8. The van der Waals surface area contributed by atoms with E-state index in [1.54, 1.807) is 0 Å². The van der Waals surface area contributed by atoms with Gasteiger partial charge in [0.1, 0.15) is 23.7 Å². The third-order valence-electron chi connectivity index (χ3n) is 12.7. The molecule has 2 fully saturated rings. The lowest BCUT2D eigenvalue weighted by Gasteiger charge is -2.43. The molecule has 0 radical (unpaired) electrons. The highest BCUT2D eigenvalue weighted by Gasteiger charge is 2.42. The number of rotatable bonds is 9. The first-order chi connectivity index (χ1) is 29.2. The SMILES string of the molecule is COC(=O)NC(C(=O)N1CC[Si](C)(C)CC1c1nc2c(ccc3cc(-c4ccc5c(ccc6[nH]c([C@@H]7CCCN7C(=O)C(NC(=O)OC)C(C)C)nc65)c4)ccc32)[nH]1)C(C)C. The minimum Gasteiger partial charge on any atom is -0.453 e. The van der Waals surface area contributed by atoms with E-state index in [1.165, 1.54) is 14.2 Å². The second-order valence-electron chi connectivity index (χ2n) is 18.1. The van der Waals surface area contributed by atoms with Gasteiger partial charge in [-0.2, -0.15) is 0 Å². The second-order valence-corrected chi connectivity index (χ2v) is 23.3. The van der Waals surface area contributed by atoms with Gasteiger partial charge in [0.15, 0.2) is 0 Å². The lowest BCUT2D eigenvalue weighted by atomic mass is 9.98. The molecule has 15 heteroatoms. The van der Waals surface area contributed by atoms with Crippen LogP contribution in [0.5, 0.6) is 0 Å². The van der Waals surface area contributed by atoms with Gasteiger partial charge in [-0.1, -0.05) is 77.2 Å². The summed E-state index contributed by atoms with van der Waals surface area (Å²) >= 11 is 0. The Labute approximate surface area is 356 Å². The van der Waals surface area contributed by atoms with Crippen molar-refractivity contribution >= 4 is 75.7 Å². The van der Waals surface area contributed by atoms with Crippen LogP contribution in [0.2, 0.25) is 25.2 Å². The minimum atomic E-state index is -1.63. The molecular weight excluding hydrogens is 789 g/mol. The maximum absolute atomic E-state index is 14.1. The van der Waals surface area contributed by atoms with E-state index in [1.807, 2.05) is 43.6 Å². The zero-order valence-electron chi connectivity index (χ0n) is 36.2. The van der Waals surface area contributed by atoms with Crippen LogP contribution in [0.3, 0.4) is 0 Å². The Morgan fingerprint density at radius 3 is 1.64 bits per heavy atom. The van der Waals surface area contributed by atoms with Crippen LogP contribution in [0.25, 0.3) is 54.7 Å². The molecule has 320 valence electrons. The molecule has 14 nitrogen and oxygen atoms in total. The highest BCUT2D eigenvalue weighted by atomic mass is 28.3. The monoisotopic (exact) mass is 844 g/mol. The first-order valence-corrected chi connectivity index (χ1v) is 24.7. The Morgan fingerprint density at radius 1 is 0.689 bits per heavy atom. The van der Waals surface area contributed by atoms with Crippen molar-refractivity contribution in [2.75, 3.05) is 27.3 Å². The van der Waals surface area contributed by atoms with Crippen LogP contribution in [0, 0.1) is 11.8 Å². The van der Waals surface area contributed by atoms with Crippen molar-refractivity contribution in [1.29, 1.82) is 0 Å². The molecule has 2 aromatic heterocycles. The molecule has 4 aromatic carbocycles. The average Bonchev–Trinajstić information content (AvgIpc) is 4.02. The van der Waals surface area contributed by atoms with Crippen LogP contribution >= 0.6 is 0 Å². The Morgan fingerprint density at radius 2 is 1.16 bits per heavy atom. The number of carbonyl (C=O) groups is 4. The molecule has 6 aromatic rings. The van der Waals surface area contributed by atoms with Crippen molar-refractivity contribution in [3.63, 3.8) is 0 Å². The van der Waals surface area contributed by atoms with E-state index in [-0.39, 0.29) is 35.7 Å². The van der Waals surface area contributed by atoms with Crippen LogP contribution < -0.4 is 10.6 Å². The standard InChI is InChI=1S/C46H56N8O6Si/c1-25(2)37(51-45(57)59-5)43(55)53-19-9-10-35(53)41-47-33-17-13-29-22-27(11-15-31(29)39(33)49-41)28-12-16-32-30(23-28)14-18-34-40(32)50-42(48-34)36-24-61(7,8)21-20-54(36)44(56)38(26(3)4)52-46(58)60-6/h11-18,22-23,25-26,35-38H,9-10,19-21,24H2,1-8H3,(H,47,49)(H,48,50)(H,51,57)(H,52,58)/t35-,36?,37?,38?/m0/s1. The summed E-state index contributed by atoms with van der Waals surface area (Å²) in [4.78, 5) is 73.2. The number of benzene rings is 4. The van der Waals surface area contributed by atoms with Gasteiger partial charge in [-0.15, -0.1) is 0 Å². The third kappa shape index (κ3) is 8.02. The largest absolute Gasteiger partial charge is 0.453 e. The summed E-state index contributed by atoms with van der Waals surface area (Å²) in [6.07, 6.45) is 0.377. The molecule has 0 bridgehead atoms. The summed E-state index contributed by atoms with van der Waals surface area (Å²) in [6, 6.07) is 21.2. The van der Waals surface area contributed by atoms with Gasteiger partial charge in [-0.05, 0) is 82.9 Å². The number of nitrogens with zero attached hydrogens (tertiary/aromatic N) is 4. The zero-order chi connectivity index (χ0) is 43.3. The number of amides is 4. The van der Waals surface area contributed by atoms with Gasteiger partial charge in [-0.3, -0.25) is 9.59 Å². The van der Waals surface area contributed by atoms with Gasteiger partial charge in [0.2, 0.25) is 11.8 Å². The number of aromatic amines is 2. The molecule has 4 atom stereocenters. The van der Waals surface area contributed by atoms with E-state index in [4.69, 9.17) is 19.4 Å². The maximum Gasteiger partial charge on any atom is 0.407 e. The summed E-state index contributed by atoms with van der Waals surface area (Å²) in [6.45, 7) is 13.6. The molecule has 4 N–H and O–H groups in total. The molecule has 4 amide bonds. The number of carbonyl (C=O) groups excluding carboxylic acids is 4. The number of H-pyrrole nitrogens is 2. The minimum absolute atomic E-state index is 0.114. The van der Waals surface area contributed by atoms with Gasteiger partial charge in [0.25, 0.3) is 0 Å². The molecule has 2 saturated heterocycles. The van der Waals surface area contributed by atoms with Gasteiger partial charge < -0.3 is 39.9 Å². The Balaban J connectivity index is 1.07. The molecule has 0 aliphatic carbocycles. The Bertz CT molecular complexity index is 2670. The predicted molar refractivity (Wildman–Crippen MR) is 240 cm³/mol. The van der Waals surface area contributed by atoms with Gasteiger partial charge >= 0.3 is 12.2 Å². The number of methoxy groups -OCH3 is 2. The van der Waals surface area contributed by atoms with Crippen LogP contribution in [0.4, 0.5) is 9.59 Å². The van der Waals surface area contributed by atoms with Crippen molar-refractivity contribution in [1.82, 2.24) is 40.4 Å². The molecule has 2 aliphatic heterocycles. The van der Waals surface area contributed by atoms with Crippen molar-refractivity contribution in [2.45, 2.75) is 89.9 Å². The van der Waals surface area contributed by atoms with E-state index >= 15 is 0 Å². The quantitative estimate of drug-likeness (QED) is 0.105. The second kappa shape index (κ2) is 16.5. The highest BCUT2D eigenvalue weighted by molar-refractivity contribution is 6.77. The summed E-state index contributed by atoms with van der Waals surface area (Å²) < 4.78 is 9.65. The molecule has 61 heavy (non-hydrogen) atoms. The average molecular weight is 845 g/mol. The van der Waals surface area contributed by atoms with Crippen LogP contribution in [-0.4, -0.2) is 101 Å².